The van der Waals surface area contributed by atoms with Crippen LogP contribution in [0.15, 0.2) is 82.6 Å². The Morgan fingerprint density at radius 2 is 0.865 bits per heavy atom. The molecular formula is C28H30CaO6S2. The van der Waals surface area contributed by atoms with E-state index in [1.54, 1.807) is 0 Å². The average Bonchev–Trinajstić information content (AvgIpc) is 2.84. The first-order valence-corrected chi connectivity index (χ1v) is 14.8. The van der Waals surface area contributed by atoms with Gasteiger partial charge in [0.25, 0.3) is 0 Å². The molecule has 0 heterocycles. The molecule has 6 nitrogen and oxygen atoms in total. The van der Waals surface area contributed by atoms with Gasteiger partial charge in [-0.05, 0) is 82.6 Å². The van der Waals surface area contributed by atoms with Crippen LogP contribution in [-0.4, -0.2) is 63.7 Å². The molecule has 0 aliphatic rings. The van der Waals surface area contributed by atoms with Crippen LogP contribution in [0.25, 0.3) is 21.5 Å². The number of hydrogen-bond acceptors (Lipinski definition) is 6. The average molecular weight is 567 g/mol. The number of hydrogen-bond donors (Lipinski definition) is 0. The van der Waals surface area contributed by atoms with Crippen LogP contribution in [0.1, 0.15) is 50.7 Å². The van der Waals surface area contributed by atoms with E-state index in [-0.39, 0.29) is 47.5 Å². The summed E-state index contributed by atoms with van der Waals surface area (Å²) in [6, 6.07) is 21.5. The number of benzene rings is 4. The molecule has 192 valence electrons. The van der Waals surface area contributed by atoms with E-state index in [1.807, 2.05) is 74.5 Å². The van der Waals surface area contributed by atoms with Gasteiger partial charge in [-0.2, -0.15) is 0 Å². The Kier molecular flexibility index (Phi) is 12.0. The van der Waals surface area contributed by atoms with E-state index < -0.39 is 20.2 Å². The topological polar surface area (TPSA) is 114 Å². The van der Waals surface area contributed by atoms with E-state index in [9.17, 15) is 25.9 Å². The van der Waals surface area contributed by atoms with Gasteiger partial charge in [0.1, 0.15) is 20.2 Å². The maximum atomic E-state index is 11.3. The van der Waals surface area contributed by atoms with Crippen molar-refractivity contribution in [1.82, 2.24) is 0 Å². The first kappa shape index (κ1) is 31.7. The van der Waals surface area contributed by atoms with Gasteiger partial charge in [0.05, 0.1) is 9.79 Å². The molecule has 9 heteroatoms. The minimum atomic E-state index is -4.41. The Bertz CT molecular complexity index is 1450. The Morgan fingerprint density at radius 3 is 1.14 bits per heavy atom. The second-order valence-electron chi connectivity index (χ2n) is 8.73. The van der Waals surface area contributed by atoms with Gasteiger partial charge in [0.2, 0.25) is 0 Å². The van der Waals surface area contributed by atoms with Gasteiger partial charge in [-0.1, -0.05) is 75.2 Å². The second-order valence-corrected chi connectivity index (χ2v) is 11.4. The molecule has 0 spiro atoms. The Balaban J connectivity index is 0.000000253. The van der Waals surface area contributed by atoms with Crippen LogP contribution < -0.4 is 0 Å². The zero-order chi connectivity index (χ0) is 26.3. The summed E-state index contributed by atoms with van der Waals surface area (Å²) in [4.78, 5) is -0.149. The van der Waals surface area contributed by atoms with Crippen molar-refractivity contribution >= 4 is 79.5 Å². The molecule has 37 heavy (non-hydrogen) atoms. The van der Waals surface area contributed by atoms with Crippen molar-refractivity contribution < 1.29 is 25.9 Å². The molecule has 0 aliphatic heterocycles. The number of aryl methyl sites for hydroxylation is 2. The van der Waals surface area contributed by atoms with Crippen LogP contribution in [0.2, 0.25) is 0 Å². The van der Waals surface area contributed by atoms with E-state index in [4.69, 9.17) is 0 Å². The van der Waals surface area contributed by atoms with Crippen molar-refractivity contribution in [2.24, 2.45) is 0 Å². The maximum absolute atomic E-state index is 11.3. The van der Waals surface area contributed by atoms with Crippen molar-refractivity contribution in [2.45, 2.75) is 62.2 Å². The van der Waals surface area contributed by atoms with Crippen LogP contribution in [0.3, 0.4) is 0 Å². The van der Waals surface area contributed by atoms with Crippen molar-refractivity contribution in [1.29, 1.82) is 0 Å². The largest absolute Gasteiger partial charge is 2.00 e. The Morgan fingerprint density at radius 1 is 0.568 bits per heavy atom. The van der Waals surface area contributed by atoms with Crippen LogP contribution in [0.4, 0.5) is 0 Å². The molecule has 0 aromatic heterocycles. The van der Waals surface area contributed by atoms with Crippen LogP contribution in [0.5, 0.6) is 0 Å². The molecule has 0 atom stereocenters. The molecule has 0 radical (unpaired) electrons. The Hall–Kier alpha value is -1.52. The first-order valence-electron chi connectivity index (χ1n) is 12.0. The van der Waals surface area contributed by atoms with Crippen molar-refractivity contribution in [3.8, 4) is 0 Å². The third-order valence-electron chi connectivity index (χ3n) is 6.00. The summed E-state index contributed by atoms with van der Waals surface area (Å²) in [6.45, 7) is 4.07. The quantitative estimate of drug-likeness (QED) is 0.197. The van der Waals surface area contributed by atoms with E-state index in [2.05, 4.69) is 0 Å². The fourth-order valence-corrected chi connectivity index (χ4v) is 5.63. The molecule has 0 aliphatic carbocycles. The van der Waals surface area contributed by atoms with Gasteiger partial charge in [0, 0.05) is 0 Å². The summed E-state index contributed by atoms with van der Waals surface area (Å²) >= 11 is 0. The van der Waals surface area contributed by atoms with Crippen molar-refractivity contribution in [3.05, 3.63) is 83.9 Å². The molecule has 4 aromatic carbocycles. The predicted octanol–water partition coefficient (Wildman–Crippen LogP) is 5.79. The third-order valence-corrected chi connectivity index (χ3v) is 7.83. The molecular weight excluding hydrogens is 537 g/mol. The SMILES string of the molecule is CCCCc1cc2ccccc2cc1S(=O)(=O)[O-].CCCCc1cc2ccccc2cc1S(=O)(=O)[O-].[Ca+2]. The van der Waals surface area contributed by atoms with Gasteiger partial charge in [-0.25, -0.2) is 16.8 Å². The first-order chi connectivity index (χ1) is 17.0. The number of rotatable bonds is 8. The summed E-state index contributed by atoms with van der Waals surface area (Å²) in [7, 11) is -8.81. The Labute approximate surface area is 249 Å². The van der Waals surface area contributed by atoms with E-state index in [1.165, 1.54) is 12.1 Å². The summed E-state index contributed by atoms with van der Waals surface area (Å²) in [5.41, 5.74) is 1.26. The van der Waals surface area contributed by atoms with Crippen molar-refractivity contribution in [2.75, 3.05) is 0 Å². The normalized spacial score (nSPS) is 11.6. The van der Waals surface area contributed by atoms with Crippen LogP contribution in [0, 0.1) is 0 Å². The molecule has 0 fully saturated rings. The van der Waals surface area contributed by atoms with E-state index in [0.717, 1.165) is 47.2 Å². The smallest absolute Gasteiger partial charge is 0.744 e. The summed E-state index contributed by atoms with van der Waals surface area (Å²) in [5.74, 6) is 0. The van der Waals surface area contributed by atoms with Gasteiger partial charge in [0.15, 0.2) is 0 Å². The summed E-state index contributed by atoms with van der Waals surface area (Å²) < 4.78 is 67.8. The maximum Gasteiger partial charge on any atom is 2.00 e. The fourth-order valence-electron chi connectivity index (χ4n) is 4.12. The third kappa shape index (κ3) is 8.75. The minimum Gasteiger partial charge on any atom is -0.744 e. The molecule has 0 amide bonds. The zero-order valence-electron chi connectivity index (χ0n) is 21.1. The number of fused-ring (bicyclic) bond motifs is 2. The molecule has 0 unspecified atom stereocenters. The molecule has 0 N–H and O–H groups in total. The molecule has 0 saturated heterocycles. The molecule has 4 rings (SSSR count). The van der Waals surface area contributed by atoms with Crippen molar-refractivity contribution in [3.63, 3.8) is 0 Å². The van der Waals surface area contributed by atoms with E-state index in [0.29, 0.717) is 24.0 Å². The van der Waals surface area contributed by atoms with Crippen LogP contribution in [-0.2, 0) is 33.1 Å². The zero-order valence-corrected chi connectivity index (χ0v) is 25.0. The van der Waals surface area contributed by atoms with Gasteiger partial charge in [-0.15, -0.1) is 0 Å². The predicted molar refractivity (Wildman–Crippen MR) is 147 cm³/mol. The monoisotopic (exact) mass is 566 g/mol. The summed E-state index contributed by atoms with van der Waals surface area (Å²) in [6.07, 6.45) is 4.92. The molecule has 0 saturated carbocycles. The van der Waals surface area contributed by atoms with E-state index >= 15 is 0 Å². The number of unbranched alkanes of at least 4 members (excludes halogenated alkanes) is 2. The fraction of sp³-hybridized carbons (Fsp3) is 0.286. The minimum absolute atomic E-state index is 0. The van der Waals surface area contributed by atoms with Gasteiger partial charge < -0.3 is 9.11 Å². The molecule has 4 aromatic rings. The second kappa shape index (κ2) is 14.0. The van der Waals surface area contributed by atoms with Gasteiger partial charge in [-0.3, -0.25) is 0 Å². The van der Waals surface area contributed by atoms with Crippen LogP contribution >= 0.6 is 0 Å². The van der Waals surface area contributed by atoms with Gasteiger partial charge >= 0.3 is 37.7 Å². The standard InChI is InChI=1S/2C14H16O3S.Ca/c2*1-2-3-6-13-9-11-7-4-5-8-12(11)10-14(13)18(15,16)17;/h2*4-5,7-10H,2-3,6H2,1H3,(H,15,16,17);/q;;+2/p-2. The summed E-state index contributed by atoms with van der Waals surface area (Å²) in [5, 5.41) is 3.51. The molecule has 0 bridgehead atoms.